The molecule has 0 radical (unpaired) electrons. The van der Waals surface area contributed by atoms with E-state index < -0.39 is 12.1 Å². The number of carbonyl (C=O) groups is 1. The van der Waals surface area contributed by atoms with Crippen LogP contribution in [0.25, 0.3) is 0 Å². The van der Waals surface area contributed by atoms with E-state index in [1.54, 1.807) is 0 Å². The smallest absolute Gasteiger partial charge is 0.407 e. The normalized spacial score (nSPS) is 11.5. The van der Waals surface area contributed by atoms with Crippen LogP contribution in [-0.4, -0.2) is 23.8 Å². The quantitative estimate of drug-likeness (QED) is 0.576. The SMILES string of the molecule is O=C(NC(CO)Cc1ccc(OCc2ccccc2)cc1)OCc1ccccc1. The Morgan fingerprint density at radius 2 is 1.38 bits per heavy atom. The first-order valence-corrected chi connectivity index (χ1v) is 9.56. The lowest BCUT2D eigenvalue weighted by atomic mass is 10.1. The molecule has 0 spiro atoms. The first kappa shape index (κ1) is 20.4. The summed E-state index contributed by atoms with van der Waals surface area (Å²) in [5.41, 5.74) is 3.00. The molecular weight excluding hydrogens is 366 g/mol. The van der Waals surface area contributed by atoms with Crippen molar-refractivity contribution >= 4 is 6.09 Å². The summed E-state index contributed by atoms with van der Waals surface area (Å²) in [6, 6.07) is 26.6. The van der Waals surface area contributed by atoms with Gasteiger partial charge >= 0.3 is 6.09 Å². The maximum atomic E-state index is 12.0. The highest BCUT2D eigenvalue weighted by Gasteiger charge is 2.13. The van der Waals surface area contributed by atoms with Gasteiger partial charge in [0.05, 0.1) is 12.6 Å². The van der Waals surface area contributed by atoms with E-state index >= 15 is 0 Å². The zero-order valence-corrected chi connectivity index (χ0v) is 16.2. The van der Waals surface area contributed by atoms with Crippen molar-refractivity contribution in [2.45, 2.75) is 25.7 Å². The first-order valence-electron chi connectivity index (χ1n) is 9.56. The van der Waals surface area contributed by atoms with Crippen LogP contribution in [0.15, 0.2) is 84.9 Å². The van der Waals surface area contributed by atoms with Crippen LogP contribution < -0.4 is 10.1 Å². The van der Waals surface area contributed by atoms with Crippen LogP contribution in [0.3, 0.4) is 0 Å². The molecule has 0 aliphatic carbocycles. The summed E-state index contributed by atoms with van der Waals surface area (Å²) in [6.45, 7) is 0.527. The number of hydrogen-bond acceptors (Lipinski definition) is 4. The molecule has 0 fully saturated rings. The first-order chi connectivity index (χ1) is 14.2. The largest absolute Gasteiger partial charge is 0.489 e. The molecular formula is C24H25NO4. The van der Waals surface area contributed by atoms with Crippen molar-refractivity contribution in [2.75, 3.05) is 6.61 Å². The Balaban J connectivity index is 1.45. The van der Waals surface area contributed by atoms with Gasteiger partial charge in [-0.3, -0.25) is 0 Å². The lowest BCUT2D eigenvalue weighted by Crippen LogP contribution is -2.39. The third-order valence-electron chi connectivity index (χ3n) is 4.41. The molecule has 3 rings (SSSR count). The third kappa shape index (κ3) is 6.97. The van der Waals surface area contributed by atoms with Gasteiger partial charge in [0, 0.05) is 0 Å². The van der Waals surface area contributed by atoms with E-state index in [0.717, 1.165) is 22.4 Å². The molecule has 0 aromatic heterocycles. The topological polar surface area (TPSA) is 67.8 Å². The number of nitrogens with one attached hydrogen (secondary N) is 1. The summed E-state index contributed by atoms with van der Waals surface area (Å²) in [4.78, 5) is 12.0. The van der Waals surface area contributed by atoms with Gasteiger partial charge in [0.15, 0.2) is 0 Å². The van der Waals surface area contributed by atoms with Crippen LogP contribution in [0.5, 0.6) is 5.75 Å². The van der Waals surface area contributed by atoms with E-state index in [-0.39, 0.29) is 13.2 Å². The number of aliphatic hydroxyl groups is 1. The Morgan fingerprint density at radius 1 is 0.793 bits per heavy atom. The molecule has 0 aliphatic rings. The van der Waals surface area contributed by atoms with Gasteiger partial charge < -0.3 is 19.9 Å². The van der Waals surface area contributed by atoms with Crippen molar-refractivity contribution in [3.63, 3.8) is 0 Å². The number of rotatable bonds is 9. The fourth-order valence-corrected chi connectivity index (χ4v) is 2.84. The maximum Gasteiger partial charge on any atom is 0.407 e. The van der Waals surface area contributed by atoms with Gasteiger partial charge in [-0.25, -0.2) is 4.79 Å². The number of amides is 1. The Hall–Kier alpha value is -3.31. The van der Waals surface area contributed by atoms with Gasteiger partial charge in [-0.1, -0.05) is 72.8 Å². The van der Waals surface area contributed by atoms with E-state index in [0.29, 0.717) is 13.0 Å². The van der Waals surface area contributed by atoms with Crippen molar-refractivity contribution in [3.8, 4) is 5.75 Å². The van der Waals surface area contributed by atoms with Gasteiger partial charge in [0.1, 0.15) is 19.0 Å². The number of aliphatic hydroxyl groups excluding tert-OH is 1. The summed E-state index contributed by atoms with van der Waals surface area (Å²) in [6.07, 6.45) is -0.0497. The molecule has 0 bridgehead atoms. The molecule has 1 atom stereocenters. The van der Waals surface area contributed by atoms with Crippen molar-refractivity contribution in [1.82, 2.24) is 5.32 Å². The molecule has 2 N–H and O–H groups in total. The second-order valence-electron chi connectivity index (χ2n) is 6.71. The fourth-order valence-electron chi connectivity index (χ4n) is 2.84. The van der Waals surface area contributed by atoms with Gasteiger partial charge in [-0.2, -0.15) is 0 Å². The summed E-state index contributed by atoms with van der Waals surface area (Å²) in [5, 5.41) is 12.3. The number of alkyl carbamates (subject to hydrolysis) is 1. The zero-order valence-electron chi connectivity index (χ0n) is 16.2. The molecule has 150 valence electrons. The van der Waals surface area contributed by atoms with Crippen molar-refractivity contribution in [2.24, 2.45) is 0 Å². The summed E-state index contributed by atoms with van der Waals surface area (Å²) < 4.78 is 11.0. The van der Waals surface area contributed by atoms with Crippen LogP contribution in [0, 0.1) is 0 Å². The summed E-state index contributed by atoms with van der Waals surface area (Å²) >= 11 is 0. The highest BCUT2D eigenvalue weighted by Crippen LogP contribution is 2.15. The molecule has 5 nitrogen and oxygen atoms in total. The van der Waals surface area contributed by atoms with Gasteiger partial charge in [0.2, 0.25) is 0 Å². The molecule has 3 aromatic carbocycles. The summed E-state index contributed by atoms with van der Waals surface area (Å²) in [7, 11) is 0. The van der Waals surface area contributed by atoms with Gasteiger partial charge in [-0.05, 0) is 35.2 Å². The molecule has 5 heteroatoms. The van der Waals surface area contributed by atoms with Crippen LogP contribution in [-0.2, 0) is 24.4 Å². The molecule has 29 heavy (non-hydrogen) atoms. The third-order valence-corrected chi connectivity index (χ3v) is 4.41. The van der Waals surface area contributed by atoms with E-state index in [1.165, 1.54) is 0 Å². The minimum Gasteiger partial charge on any atom is -0.489 e. The van der Waals surface area contributed by atoms with Gasteiger partial charge in [0.25, 0.3) is 0 Å². The second kappa shape index (κ2) is 10.9. The van der Waals surface area contributed by atoms with E-state index in [1.807, 2.05) is 84.9 Å². The molecule has 1 amide bonds. The van der Waals surface area contributed by atoms with E-state index in [4.69, 9.17) is 9.47 Å². The van der Waals surface area contributed by atoms with Crippen LogP contribution in [0.2, 0.25) is 0 Å². The number of carbonyl (C=O) groups excluding carboxylic acids is 1. The van der Waals surface area contributed by atoms with Gasteiger partial charge in [-0.15, -0.1) is 0 Å². The van der Waals surface area contributed by atoms with Crippen molar-refractivity contribution in [1.29, 1.82) is 0 Å². The van der Waals surface area contributed by atoms with Crippen LogP contribution in [0.4, 0.5) is 4.79 Å². The number of hydrogen-bond donors (Lipinski definition) is 2. The van der Waals surface area contributed by atoms with Crippen molar-refractivity contribution < 1.29 is 19.4 Å². The average molecular weight is 391 g/mol. The molecule has 0 saturated heterocycles. The highest BCUT2D eigenvalue weighted by molar-refractivity contribution is 5.67. The Kier molecular flexibility index (Phi) is 7.66. The highest BCUT2D eigenvalue weighted by atomic mass is 16.5. The Bertz CT molecular complexity index is 866. The zero-order chi connectivity index (χ0) is 20.3. The van der Waals surface area contributed by atoms with Crippen LogP contribution in [0.1, 0.15) is 16.7 Å². The predicted molar refractivity (Wildman–Crippen MR) is 112 cm³/mol. The minimum absolute atomic E-state index is 0.174. The minimum atomic E-state index is -0.546. The number of benzene rings is 3. The predicted octanol–water partition coefficient (Wildman–Crippen LogP) is 4.10. The molecule has 1 unspecified atom stereocenters. The second-order valence-corrected chi connectivity index (χ2v) is 6.71. The van der Waals surface area contributed by atoms with Crippen molar-refractivity contribution in [3.05, 3.63) is 102 Å². The fraction of sp³-hybridized carbons (Fsp3) is 0.208. The van der Waals surface area contributed by atoms with E-state index in [9.17, 15) is 9.90 Å². The monoisotopic (exact) mass is 391 g/mol. The number of ether oxygens (including phenoxy) is 2. The molecule has 0 aliphatic heterocycles. The summed E-state index contributed by atoms with van der Waals surface area (Å²) in [5.74, 6) is 0.772. The lowest BCUT2D eigenvalue weighted by molar-refractivity contribution is 0.129. The average Bonchev–Trinajstić information content (AvgIpc) is 2.78. The molecule has 0 heterocycles. The Labute approximate surface area is 170 Å². The molecule has 0 saturated carbocycles. The van der Waals surface area contributed by atoms with E-state index in [2.05, 4.69) is 5.32 Å². The molecule has 3 aromatic rings. The maximum absolute atomic E-state index is 12.0. The lowest BCUT2D eigenvalue weighted by Gasteiger charge is -2.16. The Morgan fingerprint density at radius 3 is 1.97 bits per heavy atom. The van der Waals surface area contributed by atoms with Crippen LogP contribution >= 0.6 is 0 Å². The standard InChI is InChI=1S/C24H25NO4/c26-16-22(25-24(27)29-18-21-9-5-2-6-10-21)15-19-11-13-23(14-12-19)28-17-20-7-3-1-4-8-20/h1-14,22,26H,15-18H2,(H,25,27).